The van der Waals surface area contributed by atoms with Gasteiger partial charge in [0, 0.05) is 0 Å². The molecule has 0 aromatic carbocycles. The monoisotopic (exact) mass is 179 g/mol. The van der Waals surface area contributed by atoms with Gasteiger partial charge in [0.15, 0.2) is 6.10 Å². The van der Waals surface area contributed by atoms with Gasteiger partial charge in [-0.3, -0.25) is 5.73 Å². The van der Waals surface area contributed by atoms with E-state index in [9.17, 15) is 0 Å². The largest absolute Gasteiger partial charge is 0.388 e. The minimum absolute atomic E-state index is 0.821. The first-order chi connectivity index (χ1) is 5.36. The zero-order chi connectivity index (χ0) is 9.52. The lowest BCUT2D eigenvalue weighted by Crippen LogP contribution is -2.67. The minimum Gasteiger partial charge on any atom is -0.388 e. The van der Waals surface area contributed by atoms with Crippen LogP contribution < -0.4 is 5.73 Å². The van der Waals surface area contributed by atoms with Crippen molar-refractivity contribution in [3.8, 4) is 0 Å². The molecule has 72 valence electrons. The van der Waals surface area contributed by atoms with Gasteiger partial charge >= 0.3 is 0 Å². The fraction of sp³-hybridized carbons (Fsp3) is 1.00. The van der Waals surface area contributed by atoms with Crippen LogP contribution in [0.15, 0.2) is 0 Å². The summed E-state index contributed by atoms with van der Waals surface area (Å²) in [5, 5.41) is 36.5. The van der Waals surface area contributed by atoms with Crippen LogP contribution in [0.5, 0.6) is 0 Å². The molecule has 6 heteroatoms. The number of rotatable bonds is 0. The highest BCUT2D eigenvalue weighted by Gasteiger charge is 2.49. The van der Waals surface area contributed by atoms with Crippen LogP contribution >= 0.6 is 0 Å². The maximum absolute atomic E-state index is 9.15. The van der Waals surface area contributed by atoms with Gasteiger partial charge in [-0.05, 0) is 6.92 Å². The molecule has 5 atom stereocenters. The predicted octanol–water partition coefficient (Wildman–Crippen LogP) is -2.91. The molecule has 0 aliphatic carbocycles. The molecule has 0 aromatic heterocycles. The molecule has 1 unspecified atom stereocenters. The molecule has 0 spiro atoms. The summed E-state index contributed by atoms with van der Waals surface area (Å²) in [5.74, 6) is -2.29. The molecule has 0 amide bonds. The second-order valence-corrected chi connectivity index (χ2v) is 3.00. The van der Waals surface area contributed by atoms with Gasteiger partial charge in [0.2, 0.25) is 0 Å². The van der Waals surface area contributed by atoms with Crippen molar-refractivity contribution in [3.05, 3.63) is 0 Å². The molecular formula is C6H13NO5. The van der Waals surface area contributed by atoms with Crippen LogP contribution in [0.25, 0.3) is 0 Å². The summed E-state index contributed by atoms with van der Waals surface area (Å²) in [6, 6.07) is 0. The zero-order valence-electron chi connectivity index (χ0n) is 6.58. The van der Waals surface area contributed by atoms with E-state index in [2.05, 4.69) is 4.74 Å². The van der Waals surface area contributed by atoms with E-state index < -0.39 is 30.3 Å². The summed E-state index contributed by atoms with van der Waals surface area (Å²) in [4.78, 5) is 0. The van der Waals surface area contributed by atoms with Crippen LogP contribution in [0.2, 0.25) is 0 Å². The average Bonchev–Trinajstić information content (AvgIpc) is 1.97. The standard InChI is InChI=1S/C6H13NO5/c1-2-3(8)4(9)5(10)6(7,11)12-2/h2-5,8-11H,7H2,1H3/t2-,3-,4+,5+,6?/m0/s1. The van der Waals surface area contributed by atoms with Gasteiger partial charge in [-0.25, -0.2) is 0 Å². The maximum Gasteiger partial charge on any atom is 0.252 e. The molecule has 0 saturated carbocycles. The lowest BCUT2D eigenvalue weighted by atomic mass is 9.98. The van der Waals surface area contributed by atoms with E-state index in [-0.39, 0.29) is 0 Å². The molecule has 1 rings (SSSR count). The number of aliphatic hydroxyl groups excluding tert-OH is 3. The average molecular weight is 179 g/mol. The fourth-order valence-electron chi connectivity index (χ4n) is 1.15. The first kappa shape index (κ1) is 9.85. The Morgan fingerprint density at radius 2 is 1.75 bits per heavy atom. The van der Waals surface area contributed by atoms with Crippen molar-refractivity contribution in [2.24, 2.45) is 5.73 Å². The Labute approximate surface area is 69.2 Å². The Hall–Kier alpha value is -0.240. The van der Waals surface area contributed by atoms with Gasteiger partial charge < -0.3 is 25.2 Å². The van der Waals surface area contributed by atoms with E-state index in [4.69, 9.17) is 26.2 Å². The highest BCUT2D eigenvalue weighted by molar-refractivity contribution is 4.91. The SMILES string of the molecule is C[C@@H]1OC(N)(O)[C@H](O)[C@H](O)[C@H]1O. The molecule has 12 heavy (non-hydrogen) atoms. The molecular weight excluding hydrogens is 166 g/mol. The molecule has 0 bridgehead atoms. The van der Waals surface area contributed by atoms with E-state index in [1.54, 1.807) is 0 Å². The fourth-order valence-corrected chi connectivity index (χ4v) is 1.15. The lowest BCUT2D eigenvalue weighted by molar-refractivity contribution is -0.340. The number of nitrogens with two attached hydrogens (primary N) is 1. The Morgan fingerprint density at radius 1 is 1.25 bits per heavy atom. The summed E-state index contributed by atoms with van der Waals surface area (Å²) in [6.45, 7) is 1.43. The van der Waals surface area contributed by atoms with Crippen molar-refractivity contribution in [1.82, 2.24) is 0 Å². The van der Waals surface area contributed by atoms with E-state index in [1.807, 2.05) is 0 Å². The zero-order valence-corrected chi connectivity index (χ0v) is 6.58. The topological polar surface area (TPSA) is 116 Å². The molecule has 0 radical (unpaired) electrons. The predicted molar refractivity (Wildman–Crippen MR) is 37.7 cm³/mol. The van der Waals surface area contributed by atoms with Gasteiger partial charge in [-0.2, -0.15) is 0 Å². The third-order valence-electron chi connectivity index (χ3n) is 1.95. The second kappa shape index (κ2) is 2.91. The summed E-state index contributed by atoms with van der Waals surface area (Å²) < 4.78 is 4.64. The molecule has 1 fully saturated rings. The maximum atomic E-state index is 9.15. The quantitative estimate of drug-likeness (QED) is 0.255. The molecule has 6 N–H and O–H groups in total. The number of hydrogen-bond acceptors (Lipinski definition) is 6. The van der Waals surface area contributed by atoms with E-state index >= 15 is 0 Å². The van der Waals surface area contributed by atoms with Crippen molar-refractivity contribution in [3.63, 3.8) is 0 Å². The van der Waals surface area contributed by atoms with Gasteiger partial charge in [-0.1, -0.05) is 0 Å². The molecule has 0 aromatic rings. The van der Waals surface area contributed by atoms with Crippen molar-refractivity contribution in [2.75, 3.05) is 0 Å². The van der Waals surface area contributed by atoms with Crippen LogP contribution in [-0.2, 0) is 4.74 Å². The van der Waals surface area contributed by atoms with Gasteiger partial charge in [-0.15, -0.1) is 0 Å². The smallest absolute Gasteiger partial charge is 0.252 e. The highest BCUT2D eigenvalue weighted by Crippen LogP contribution is 2.23. The van der Waals surface area contributed by atoms with Crippen molar-refractivity contribution in [2.45, 2.75) is 37.3 Å². The first-order valence-corrected chi connectivity index (χ1v) is 3.59. The number of aliphatic hydroxyl groups is 4. The Bertz CT molecular complexity index is 173. The Kier molecular flexibility index (Phi) is 2.39. The van der Waals surface area contributed by atoms with Crippen LogP contribution in [0.1, 0.15) is 6.92 Å². The van der Waals surface area contributed by atoms with Crippen molar-refractivity contribution >= 4 is 0 Å². The highest BCUT2D eigenvalue weighted by atomic mass is 16.7. The Balaban J connectivity index is 2.78. The van der Waals surface area contributed by atoms with Crippen molar-refractivity contribution < 1.29 is 25.2 Å². The van der Waals surface area contributed by atoms with Crippen LogP contribution in [0.4, 0.5) is 0 Å². The van der Waals surface area contributed by atoms with E-state index in [0.717, 1.165) is 0 Å². The van der Waals surface area contributed by atoms with Gasteiger partial charge in [0.05, 0.1) is 6.10 Å². The summed E-state index contributed by atoms with van der Waals surface area (Å²) in [5.41, 5.74) is 5.08. The first-order valence-electron chi connectivity index (χ1n) is 3.59. The van der Waals surface area contributed by atoms with Crippen molar-refractivity contribution in [1.29, 1.82) is 0 Å². The minimum atomic E-state index is -2.29. The third-order valence-corrected chi connectivity index (χ3v) is 1.95. The summed E-state index contributed by atoms with van der Waals surface area (Å²) in [7, 11) is 0. The van der Waals surface area contributed by atoms with E-state index in [1.165, 1.54) is 6.92 Å². The van der Waals surface area contributed by atoms with Gasteiger partial charge in [0.25, 0.3) is 5.91 Å². The molecule has 1 heterocycles. The van der Waals surface area contributed by atoms with Crippen LogP contribution in [0, 0.1) is 0 Å². The number of ether oxygens (including phenoxy) is 1. The van der Waals surface area contributed by atoms with E-state index in [0.29, 0.717) is 0 Å². The summed E-state index contributed by atoms with van der Waals surface area (Å²) >= 11 is 0. The summed E-state index contributed by atoms with van der Waals surface area (Å²) in [6.07, 6.45) is -5.27. The molecule has 1 saturated heterocycles. The molecule has 1 aliphatic rings. The van der Waals surface area contributed by atoms with Gasteiger partial charge in [0.1, 0.15) is 12.2 Å². The normalized spacial score (nSPS) is 55.5. The lowest BCUT2D eigenvalue weighted by Gasteiger charge is -2.42. The molecule has 6 nitrogen and oxygen atoms in total. The van der Waals surface area contributed by atoms with Crippen LogP contribution in [0.3, 0.4) is 0 Å². The Morgan fingerprint density at radius 3 is 2.25 bits per heavy atom. The number of hydrogen-bond donors (Lipinski definition) is 5. The third kappa shape index (κ3) is 1.45. The molecule has 1 aliphatic heterocycles. The second-order valence-electron chi connectivity index (χ2n) is 3.00. The van der Waals surface area contributed by atoms with Crippen LogP contribution in [-0.4, -0.2) is 50.8 Å².